The van der Waals surface area contributed by atoms with Gasteiger partial charge in [0.1, 0.15) is 4.60 Å². The highest BCUT2D eigenvalue weighted by Crippen LogP contribution is 2.21. The molecule has 4 nitrogen and oxygen atoms in total. The molecular formula is C16H24BrN3O. The standard InChI is InChI=1S/C16H24BrN3O/c1-12(2)19(3)11-13-5-8-20(9-6-13)16(21)14-4-7-18-15(17)10-14/h4,7,10,12-13H,5-6,8-9,11H2,1-3H3. The van der Waals surface area contributed by atoms with Crippen molar-refractivity contribution in [3.8, 4) is 0 Å². The number of nitrogens with zero attached hydrogens (tertiary/aromatic N) is 3. The number of likely N-dealkylation sites (tertiary alicyclic amines) is 1. The molecule has 2 heterocycles. The van der Waals surface area contributed by atoms with Crippen LogP contribution in [0.25, 0.3) is 0 Å². The van der Waals surface area contributed by atoms with Crippen LogP contribution in [0.15, 0.2) is 22.9 Å². The van der Waals surface area contributed by atoms with Crippen LogP contribution in [0.2, 0.25) is 0 Å². The van der Waals surface area contributed by atoms with Gasteiger partial charge in [0.15, 0.2) is 0 Å². The number of amides is 1. The van der Waals surface area contributed by atoms with E-state index in [4.69, 9.17) is 0 Å². The minimum absolute atomic E-state index is 0.119. The summed E-state index contributed by atoms with van der Waals surface area (Å²) in [5.74, 6) is 0.819. The van der Waals surface area contributed by atoms with E-state index in [1.165, 1.54) is 0 Å². The van der Waals surface area contributed by atoms with Crippen LogP contribution in [0.1, 0.15) is 37.0 Å². The predicted molar refractivity (Wildman–Crippen MR) is 88.3 cm³/mol. The van der Waals surface area contributed by atoms with Crippen LogP contribution in [-0.2, 0) is 0 Å². The molecule has 2 rings (SSSR count). The van der Waals surface area contributed by atoms with Crippen molar-refractivity contribution in [2.45, 2.75) is 32.7 Å². The number of aromatic nitrogens is 1. The largest absolute Gasteiger partial charge is 0.339 e. The Kier molecular flexibility index (Phi) is 5.76. The molecule has 1 amide bonds. The molecule has 5 heteroatoms. The molecular weight excluding hydrogens is 330 g/mol. The van der Waals surface area contributed by atoms with E-state index in [9.17, 15) is 4.79 Å². The smallest absolute Gasteiger partial charge is 0.254 e. The predicted octanol–water partition coefficient (Wildman–Crippen LogP) is 3.04. The number of carbonyl (C=O) groups excluding carboxylic acids is 1. The van der Waals surface area contributed by atoms with Crippen molar-refractivity contribution in [1.29, 1.82) is 0 Å². The van der Waals surface area contributed by atoms with E-state index >= 15 is 0 Å². The maximum absolute atomic E-state index is 12.5. The van der Waals surface area contributed by atoms with Crippen LogP contribution in [0.3, 0.4) is 0 Å². The van der Waals surface area contributed by atoms with Crippen LogP contribution >= 0.6 is 15.9 Å². The minimum atomic E-state index is 0.119. The second-order valence-corrected chi connectivity index (χ2v) is 6.95. The van der Waals surface area contributed by atoms with Gasteiger partial charge in [-0.1, -0.05) is 0 Å². The zero-order chi connectivity index (χ0) is 15.4. The van der Waals surface area contributed by atoms with Gasteiger partial charge in [0, 0.05) is 37.4 Å². The van der Waals surface area contributed by atoms with Gasteiger partial charge in [0.05, 0.1) is 0 Å². The van der Waals surface area contributed by atoms with Crippen LogP contribution < -0.4 is 0 Å². The number of rotatable bonds is 4. The lowest BCUT2D eigenvalue weighted by Gasteiger charge is -2.35. The number of halogens is 1. The summed E-state index contributed by atoms with van der Waals surface area (Å²) in [5.41, 5.74) is 0.717. The molecule has 0 aliphatic carbocycles. The average Bonchev–Trinajstić information content (AvgIpc) is 2.47. The van der Waals surface area contributed by atoms with Crippen LogP contribution in [-0.4, -0.2) is 53.4 Å². The molecule has 0 radical (unpaired) electrons. The summed E-state index contributed by atoms with van der Waals surface area (Å²) in [4.78, 5) is 20.9. The van der Waals surface area contributed by atoms with E-state index in [0.717, 1.165) is 38.0 Å². The van der Waals surface area contributed by atoms with E-state index in [1.807, 2.05) is 4.90 Å². The summed E-state index contributed by atoms with van der Waals surface area (Å²) in [6, 6.07) is 4.16. The van der Waals surface area contributed by atoms with E-state index < -0.39 is 0 Å². The van der Waals surface area contributed by atoms with Crippen molar-refractivity contribution in [1.82, 2.24) is 14.8 Å². The third-order valence-electron chi connectivity index (χ3n) is 4.30. The Labute approximate surface area is 135 Å². The lowest BCUT2D eigenvalue weighted by atomic mass is 9.95. The molecule has 1 saturated heterocycles. The summed E-state index contributed by atoms with van der Waals surface area (Å²) in [6.45, 7) is 7.28. The first-order valence-corrected chi connectivity index (χ1v) is 8.37. The summed E-state index contributed by atoms with van der Waals surface area (Å²) in [6.07, 6.45) is 3.85. The molecule has 1 aromatic rings. The quantitative estimate of drug-likeness (QED) is 0.780. The van der Waals surface area contributed by atoms with Crippen molar-refractivity contribution >= 4 is 21.8 Å². The lowest BCUT2D eigenvalue weighted by molar-refractivity contribution is 0.0666. The summed E-state index contributed by atoms with van der Waals surface area (Å²) in [5, 5.41) is 0. The first kappa shape index (κ1) is 16.4. The van der Waals surface area contributed by atoms with Gasteiger partial charge in [-0.05, 0) is 67.7 Å². The normalized spacial score (nSPS) is 16.8. The number of carbonyl (C=O) groups is 1. The molecule has 1 aliphatic rings. The fourth-order valence-electron chi connectivity index (χ4n) is 2.65. The zero-order valence-corrected chi connectivity index (χ0v) is 14.6. The van der Waals surface area contributed by atoms with Gasteiger partial charge in [0.2, 0.25) is 0 Å². The van der Waals surface area contributed by atoms with E-state index in [-0.39, 0.29) is 5.91 Å². The number of hydrogen-bond donors (Lipinski definition) is 0. The number of hydrogen-bond acceptors (Lipinski definition) is 3. The van der Waals surface area contributed by atoms with Crippen molar-refractivity contribution in [3.63, 3.8) is 0 Å². The molecule has 21 heavy (non-hydrogen) atoms. The molecule has 0 saturated carbocycles. The molecule has 1 aliphatic heterocycles. The molecule has 1 aromatic heterocycles. The average molecular weight is 354 g/mol. The fourth-order valence-corrected chi connectivity index (χ4v) is 3.02. The van der Waals surface area contributed by atoms with Crippen molar-refractivity contribution in [2.75, 3.05) is 26.7 Å². The highest BCUT2D eigenvalue weighted by Gasteiger charge is 2.24. The highest BCUT2D eigenvalue weighted by molar-refractivity contribution is 9.10. The van der Waals surface area contributed by atoms with Gasteiger partial charge >= 0.3 is 0 Å². The number of piperidine rings is 1. The maximum atomic E-state index is 12.5. The third-order valence-corrected chi connectivity index (χ3v) is 4.74. The SMILES string of the molecule is CC(C)N(C)CC1CCN(C(=O)c2ccnc(Br)c2)CC1. The summed E-state index contributed by atoms with van der Waals surface area (Å²) in [7, 11) is 2.18. The van der Waals surface area contributed by atoms with Crippen molar-refractivity contribution in [2.24, 2.45) is 5.92 Å². The molecule has 0 aromatic carbocycles. The molecule has 0 unspecified atom stereocenters. The zero-order valence-electron chi connectivity index (χ0n) is 13.1. The molecule has 116 valence electrons. The van der Waals surface area contributed by atoms with Gasteiger partial charge in [-0.3, -0.25) is 4.79 Å². The molecule has 0 spiro atoms. The maximum Gasteiger partial charge on any atom is 0.254 e. The Balaban J connectivity index is 1.87. The summed E-state index contributed by atoms with van der Waals surface area (Å²) >= 11 is 3.32. The molecule has 0 N–H and O–H groups in total. The Morgan fingerprint density at radius 3 is 2.71 bits per heavy atom. The Morgan fingerprint density at radius 1 is 1.48 bits per heavy atom. The van der Waals surface area contributed by atoms with Crippen LogP contribution in [0, 0.1) is 5.92 Å². The fraction of sp³-hybridized carbons (Fsp3) is 0.625. The van der Waals surface area contributed by atoms with Crippen molar-refractivity contribution < 1.29 is 4.79 Å². The topological polar surface area (TPSA) is 36.4 Å². The Hall–Kier alpha value is -0.940. The van der Waals surface area contributed by atoms with E-state index in [2.05, 4.69) is 46.7 Å². The van der Waals surface area contributed by atoms with Gasteiger partial charge in [0.25, 0.3) is 5.91 Å². The monoisotopic (exact) mass is 353 g/mol. The Bertz CT molecular complexity index is 484. The van der Waals surface area contributed by atoms with E-state index in [0.29, 0.717) is 16.6 Å². The first-order chi connectivity index (χ1) is 9.97. The third kappa shape index (κ3) is 4.51. The minimum Gasteiger partial charge on any atom is -0.339 e. The second-order valence-electron chi connectivity index (χ2n) is 6.14. The summed E-state index contributed by atoms with van der Waals surface area (Å²) < 4.78 is 0.710. The van der Waals surface area contributed by atoms with Crippen molar-refractivity contribution in [3.05, 3.63) is 28.5 Å². The van der Waals surface area contributed by atoms with Gasteiger partial charge in [-0.15, -0.1) is 0 Å². The molecule has 1 fully saturated rings. The Morgan fingerprint density at radius 2 is 2.14 bits per heavy atom. The first-order valence-electron chi connectivity index (χ1n) is 7.58. The van der Waals surface area contributed by atoms with Crippen LogP contribution in [0.5, 0.6) is 0 Å². The number of pyridine rings is 1. The second kappa shape index (κ2) is 7.36. The van der Waals surface area contributed by atoms with Crippen LogP contribution in [0.4, 0.5) is 0 Å². The van der Waals surface area contributed by atoms with Gasteiger partial charge in [-0.2, -0.15) is 0 Å². The molecule has 0 atom stereocenters. The van der Waals surface area contributed by atoms with Gasteiger partial charge < -0.3 is 9.80 Å². The lowest BCUT2D eigenvalue weighted by Crippen LogP contribution is -2.42. The molecule has 0 bridgehead atoms. The van der Waals surface area contributed by atoms with Gasteiger partial charge in [-0.25, -0.2) is 4.98 Å². The van der Waals surface area contributed by atoms with E-state index in [1.54, 1.807) is 18.3 Å². The highest BCUT2D eigenvalue weighted by atomic mass is 79.9.